The van der Waals surface area contributed by atoms with Crippen LogP contribution in [0, 0.1) is 12.3 Å². The summed E-state index contributed by atoms with van der Waals surface area (Å²) in [5.74, 6) is 3.60. The Balaban J connectivity index is 2.45. The highest BCUT2D eigenvalue weighted by molar-refractivity contribution is 7.98. The van der Waals surface area contributed by atoms with Crippen molar-refractivity contribution in [1.29, 1.82) is 0 Å². The van der Waals surface area contributed by atoms with Crippen LogP contribution >= 0.6 is 23.4 Å². The summed E-state index contributed by atoms with van der Waals surface area (Å²) in [6.45, 7) is 0.407. The number of ether oxygens (including phenoxy) is 1. The largest absolute Gasteiger partial charge is 0.477 e. The third-order valence-electron chi connectivity index (χ3n) is 2.99. The fourth-order valence-corrected chi connectivity index (χ4v) is 2.99. The van der Waals surface area contributed by atoms with E-state index < -0.39 is 0 Å². The molecule has 0 aliphatic heterocycles. The molecule has 0 bridgehead atoms. The zero-order chi connectivity index (χ0) is 15.9. The van der Waals surface area contributed by atoms with Crippen molar-refractivity contribution in [2.24, 2.45) is 0 Å². The monoisotopic (exact) mass is 334 g/mol. The van der Waals surface area contributed by atoms with Gasteiger partial charge < -0.3 is 4.74 Å². The average molecular weight is 335 g/mol. The van der Waals surface area contributed by atoms with Gasteiger partial charge >= 0.3 is 5.56 Å². The van der Waals surface area contributed by atoms with E-state index in [1.165, 1.54) is 18.9 Å². The van der Waals surface area contributed by atoms with Gasteiger partial charge in [-0.05, 0) is 5.56 Å². The molecule has 0 aliphatic carbocycles. The van der Waals surface area contributed by atoms with Gasteiger partial charge in [0.05, 0.1) is 25.1 Å². The molecule has 1 aromatic carbocycles. The van der Waals surface area contributed by atoms with Crippen LogP contribution in [-0.2, 0) is 12.3 Å². The Morgan fingerprint density at radius 2 is 2.14 bits per heavy atom. The Morgan fingerprint density at radius 1 is 1.41 bits per heavy atom. The Hall–Kier alpha value is -1.90. The molecule has 0 aliphatic rings. The number of methoxy groups -OCH3 is 1. The van der Waals surface area contributed by atoms with Crippen molar-refractivity contribution in [2.45, 2.75) is 12.3 Å². The number of nitrogens with zero attached hydrogens (tertiary/aromatic N) is 2. The van der Waals surface area contributed by atoms with E-state index in [4.69, 9.17) is 22.8 Å². The molecular formula is C16H15ClN2O2S. The zero-order valence-electron chi connectivity index (χ0n) is 12.1. The summed E-state index contributed by atoms with van der Waals surface area (Å²) in [5.41, 5.74) is 1.35. The molecule has 0 radical (unpaired) electrons. The third-order valence-corrected chi connectivity index (χ3v) is 4.14. The van der Waals surface area contributed by atoms with Crippen molar-refractivity contribution in [3.63, 3.8) is 0 Å². The van der Waals surface area contributed by atoms with Crippen molar-refractivity contribution in [3.05, 3.63) is 57.1 Å². The molecule has 22 heavy (non-hydrogen) atoms. The summed E-state index contributed by atoms with van der Waals surface area (Å²) in [5, 5.41) is 0.261. The van der Waals surface area contributed by atoms with Crippen molar-refractivity contribution < 1.29 is 4.74 Å². The van der Waals surface area contributed by atoms with Gasteiger partial charge in [0.1, 0.15) is 0 Å². The summed E-state index contributed by atoms with van der Waals surface area (Å²) in [6.07, 6.45) is 5.26. The van der Waals surface area contributed by atoms with Gasteiger partial charge in [-0.3, -0.25) is 9.36 Å². The van der Waals surface area contributed by atoms with Crippen molar-refractivity contribution in [3.8, 4) is 18.2 Å². The van der Waals surface area contributed by atoms with Gasteiger partial charge in [-0.2, -0.15) is 4.98 Å². The molecule has 6 heteroatoms. The SMILES string of the molecule is C#CCSCc1c(Cl)nc(OC)c(=O)n1Cc1ccccc1. The first-order valence-corrected chi connectivity index (χ1v) is 8.09. The number of halogens is 1. The predicted molar refractivity (Wildman–Crippen MR) is 90.6 cm³/mol. The third kappa shape index (κ3) is 3.85. The number of hydrogen-bond acceptors (Lipinski definition) is 4. The molecule has 0 N–H and O–H groups in total. The molecule has 1 heterocycles. The molecular weight excluding hydrogens is 320 g/mol. The first-order valence-electron chi connectivity index (χ1n) is 6.55. The van der Waals surface area contributed by atoms with Crippen LogP contribution in [0.2, 0.25) is 5.15 Å². The van der Waals surface area contributed by atoms with Crippen LogP contribution in [0.4, 0.5) is 0 Å². The topological polar surface area (TPSA) is 44.1 Å². The molecule has 2 rings (SSSR count). The number of thioether (sulfide) groups is 1. The second-order valence-electron chi connectivity index (χ2n) is 4.43. The van der Waals surface area contributed by atoms with Crippen molar-refractivity contribution in [2.75, 3.05) is 12.9 Å². The van der Waals surface area contributed by atoms with Crippen molar-refractivity contribution >= 4 is 23.4 Å². The summed E-state index contributed by atoms with van der Waals surface area (Å²) < 4.78 is 6.61. The van der Waals surface area contributed by atoms with Crippen LogP contribution < -0.4 is 10.3 Å². The van der Waals surface area contributed by atoms with Gasteiger partial charge in [-0.1, -0.05) is 47.9 Å². The lowest BCUT2D eigenvalue weighted by atomic mass is 10.2. The Labute approximate surface area is 138 Å². The molecule has 0 spiro atoms. The normalized spacial score (nSPS) is 10.2. The minimum atomic E-state index is -0.299. The van der Waals surface area contributed by atoms with E-state index in [1.54, 1.807) is 4.57 Å². The highest BCUT2D eigenvalue weighted by atomic mass is 35.5. The summed E-state index contributed by atoms with van der Waals surface area (Å²) >= 11 is 7.72. The molecule has 4 nitrogen and oxygen atoms in total. The highest BCUT2D eigenvalue weighted by Crippen LogP contribution is 2.21. The molecule has 0 amide bonds. The standard InChI is InChI=1S/C16H15ClN2O2S/c1-3-9-22-11-13-14(17)18-15(21-2)16(20)19(13)10-12-7-5-4-6-8-12/h1,4-8H,9-11H2,2H3. The second-order valence-corrected chi connectivity index (χ2v) is 5.78. The summed E-state index contributed by atoms with van der Waals surface area (Å²) in [7, 11) is 1.40. The number of rotatable bonds is 6. The average Bonchev–Trinajstić information content (AvgIpc) is 2.54. The number of aromatic nitrogens is 2. The molecule has 0 atom stereocenters. The fraction of sp³-hybridized carbons (Fsp3) is 0.250. The van der Waals surface area contributed by atoms with E-state index in [0.717, 1.165) is 5.56 Å². The lowest BCUT2D eigenvalue weighted by Crippen LogP contribution is -2.26. The first-order chi connectivity index (χ1) is 10.7. The van der Waals surface area contributed by atoms with Crippen LogP contribution in [0.15, 0.2) is 35.1 Å². The van der Waals surface area contributed by atoms with Gasteiger partial charge in [-0.25, -0.2) is 0 Å². The summed E-state index contributed by atoms with van der Waals surface area (Å²) in [4.78, 5) is 16.5. The van der Waals surface area contributed by atoms with Gasteiger partial charge in [-0.15, -0.1) is 18.2 Å². The molecule has 2 aromatic rings. The Kier molecular flexibility index (Phi) is 5.93. The molecule has 0 saturated heterocycles. The highest BCUT2D eigenvalue weighted by Gasteiger charge is 2.16. The van der Waals surface area contributed by atoms with Gasteiger partial charge in [0.25, 0.3) is 5.88 Å². The van der Waals surface area contributed by atoms with Crippen LogP contribution in [0.5, 0.6) is 5.88 Å². The molecule has 0 saturated carbocycles. The minimum absolute atomic E-state index is 0.00775. The first kappa shape index (κ1) is 16.5. The molecule has 0 fully saturated rings. The maximum absolute atomic E-state index is 12.5. The molecule has 0 unspecified atom stereocenters. The lowest BCUT2D eigenvalue weighted by molar-refractivity contribution is 0.384. The maximum atomic E-state index is 12.5. The van der Waals surface area contributed by atoms with Crippen LogP contribution in [0.25, 0.3) is 0 Å². The van der Waals surface area contributed by atoms with E-state index in [2.05, 4.69) is 10.9 Å². The molecule has 1 aromatic heterocycles. The summed E-state index contributed by atoms with van der Waals surface area (Å²) in [6, 6.07) is 9.67. The van der Waals surface area contributed by atoms with Gasteiger partial charge in [0, 0.05) is 5.75 Å². The van der Waals surface area contributed by atoms with Crippen molar-refractivity contribution in [1.82, 2.24) is 9.55 Å². The smallest absolute Gasteiger partial charge is 0.313 e. The maximum Gasteiger partial charge on any atom is 0.313 e. The van der Waals surface area contributed by atoms with E-state index in [1.807, 2.05) is 30.3 Å². The van der Waals surface area contributed by atoms with Gasteiger partial charge in [0.15, 0.2) is 5.15 Å². The van der Waals surface area contributed by atoms with Crippen LogP contribution in [0.1, 0.15) is 11.3 Å². The number of benzene rings is 1. The zero-order valence-corrected chi connectivity index (χ0v) is 13.7. The van der Waals surface area contributed by atoms with E-state index in [9.17, 15) is 4.79 Å². The van der Waals surface area contributed by atoms with Crippen LogP contribution in [0.3, 0.4) is 0 Å². The second kappa shape index (κ2) is 7.92. The lowest BCUT2D eigenvalue weighted by Gasteiger charge is -2.15. The number of hydrogen-bond donors (Lipinski definition) is 0. The van der Waals surface area contributed by atoms with E-state index in [-0.39, 0.29) is 16.6 Å². The Morgan fingerprint density at radius 3 is 2.77 bits per heavy atom. The van der Waals surface area contributed by atoms with Crippen LogP contribution in [-0.4, -0.2) is 22.4 Å². The van der Waals surface area contributed by atoms with E-state index in [0.29, 0.717) is 23.7 Å². The number of terminal acetylenes is 1. The predicted octanol–water partition coefficient (Wildman–Crippen LogP) is 2.82. The van der Waals surface area contributed by atoms with Gasteiger partial charge in [0.2, 0.25) is 0 Å². The Bertz CT molecular complexity index is 738. The quantitative estimate of drug-likeness (QED) is 0.602. The minimum Gasteiger partial charge on any atom is -0.477 e. The van der Waals surface area contributed by atoms with E-state index >= 15 is 0 Å². The molecule has 114 valence electrons. The fourth-order valence-electron chi connectivity index (χ4n) is 1.96.